The van der Waals surface area contributed by atoms with Crippen LogP contribution in [0.25, 0.3) is 21.5 Å². The number of rotatable bonds is 3. The highest BCUT2D eigenvalue weighted by atomic mass is 16.7. The summed E-state index contributed by atoms with van der Waals surface area (Å²) < 4.78 is 27.6. The molecule has 0 unspecified atom stereocenters. The van der Waals surface area contributed by atoms with Gasteiger partial charge in [0.1, 0.15) is 0 Å². The molecule has 0 radical (unpaired) electrons. The van der Waals surface area contributed by atoms with Crippen LogP contribution < -0.4 is 23.7 Å². The molecule has 3 aromatic carbocycles. The average Bonchev–Trinajstić information content (AvgIpc) is 3.08. The SMILES string of the molecule is COc1cc2ccc3c4c(ccc3c2c(OC)c1OC)OCO4. The van der Waals surface area contributed by atoms with Crippen LogP contribution in [0.3, 0.4) is 0 Å². The molecule has 1 heterocycles. The summed E-state index contributed by atoms with van der Waals surface area (Å²) in [6.07, 6.45) is 0. The summed E-state index contributed by atoms with van der Waals surface area (Å²) in [5.41, 5.74) is 0. The van der Waals surface area contributed by atoms with E-state index >= 15 is 0 Å². The molecular weight excluding hydrogens is 296 g/mol. The second kappa shape index (κ2) is 5.12. The molecule has 0 aromatic heterocycles. The Kier molecular flexibility index (Phi) is 3.08. The van der Waals surface area contributed by atoms with Gasteiger partial charge in [-0.05, 0) is 35.0 Å². The molecule has 23 heavy (non-hydrogen) atoms. The first-order valence-corrected chi connectivity index (χ1v) is 7.22. The zero-order valence-electron chi connectivity index (χ0n) is 13.1. The Morgan fingerprint density at radius 3 is 2.35 bits per heavy atom. The van der Waals surface area contributed by atoms with Gasteiger partial charge in [0.15, 0.2) is 23.0 Å². The highest BCUT2D eigenvalue weighted by Crippen LogP contribution is 2.48. The molecule has 0 aliphatic carbocycles. The van der Waals surface area contributed by atoms with Gasteiger partial charge in [0.25, 0.3) is 0 Å². The third-order valence-electron chi connectivity index (χ3n) is 4.14. The van der Waals surface area contributed by atoms with Crippen molar-refractivity contribution >= 4 is 21.5 Å². The van der Waals surface area contributed by atoms with Crippen molar-refractivity contribution in [3.8, 4) is 28.7 Å². The van der Waals surface area contributed by atoms with E-state index in [9.17, 15) is 0 Å². The molecule has 0 atom stereocenters. The Hall–Kier alpha value is -2.82. The smallest absolute Gasteiger partial charge is 0.231 e. The largest absolute Gasteiger partial charge is 0.493 e. The van der Waals surface area contributed by atoms with Gasteiger partial charge in [-0.25, -0.2) is 0 Å². The molecule has 0 fully saturated rings. The van der Waals surface area contributed by atoms with E-state index in [1.807, 2.05) is 30.3 Å². The molecule has 1 aliphatic heterocycles. The van der Waals surface area contributed by atoms with Crippen molar-refractivity contribution in [1.29, 1.82) is 0 Å². The van der Waals surface area contributed by atoms with Gasteiger partial charge in [0.05, 0.1) is 21.3 Å². The molecular formula is C18H16O5. The fourth-order valence-corrected chi connectivity index (χ4v) is 3.13. The van der Waals surface area contributed by atoms with Gasteiger partial charge in [-0.15, -0.1) is 0 Å². The van der Waals surface area contributed by atoms with Crippen LogP contribution in [0.2, 0.25) is 0 Å². The van der Waals surface area contributed by atoms with Crippen molar-refractivity contribution in [2.45, 2.75) is 0 Å². The van der Waals surface area contributed by atoms with Crippen LogP contribution in [0, 0.1) is 0 Å². The van der Waals surface area contributed by atoms with E-state index < -0.39 is 0 Å². The van der Waals surface area contributed by atoms with Crippen LogP contribution in [-0.4, -0.2) is 28.1 Å². The van der Waals surface area contributed by atoms with Crippen molar-refractivity contribution in [3.63, 3.8) is 0 Å². The first-order valence-electron chi connectivity index (χ1n) is 7.22. The molecule has 0 N–H and O–H groups in total. The lowest BCUT2D eigenvalue weighted by molar-refractivity contribution is 0.175. The second-order valence-electron chi connectivity index (χ2n) is 5.20. The molecule has 5 heteroatoms. The van der Waals surface area contributed by atoms with Crippen LogP contribution in [0.15, 0.2) is 30.3 Å². The maximum Gasteiger partial charge on any atom is 0.231 e. The molecule has 4 rings (SSSR count). The number of methoxy groups -OCH3 is 3. The number of hydrogen-bond acceptors (Lipinski definition) is 5. The number of hydrogen-bond donors (Lipinski definition) is 0. The topological polar surface area (TPSA) is 46.2 Å². The standard InChI is InChI=1S/C18H16O5/c1-19-14-8-10-4-5-12-11(6-7-13-16(12)23-9-22-13)15(10)18(21-3)17(14)20-2/h4-8H,9H2,1-3H3. The Labute approximate surface area is 133 Å². The van der Waals surface area contributed by atoms with Gasteiger partial charge >= 0.3 is 0 Å². The van der Waals surface area contributed by atoms with Gasteiger partial charge in [-0.3, -0.25) is 0 Å². The second-order valence-corrected chi connectivity index (χ2v) is 5.20. The summed E-state index contributed by atoms with van der Waals surface area (Å²) >= 11 is 0. The molecule has 0 saturated heterocycles. The Bertz CT molecular complexity index is 917. The van der Waals surface area contributed by atoms with Crippen molar-refractivity contribution in [2.75, 3.05) is 28.1 Å². The van der Waals surface area contributed by atoms with Crippen molar-refractivity contribution in [3.05, 3.63) is 30.3 Å². The quantitative estimate of drug-likeness (QED) is 0.689. The molecule has 5 nitrogen and oxygen atoms in total. The summed E-state index contributed by atoms with van der Waals surface area (Å²) in [4.78, 5) is 0. The van der Waals surface area contributed by atoms with E-state index in [2.05, 4.69) is 0 Å². The minimum absolute atomic E-state index is 0.246. The van der Waals surface area contributed by atoms with Gasteiger partial charge in [-0.2, -0.15) is 0 Å². The lowest BCUT2D eigenvalue weighted by atomic mass is 9.99. The first kappa shape index (κ1) is 13.8. The van der Waals surface area contributed by atoms with E-state index in [1.54, 1.807) is 21.3 Å². The Balaban J connectivity index is 2.17. The summed E-state index contributed by atoms with van der Waals surface area (Å²) in [6.45, 7) is 0.246. The highest BCUT2D eigenvalue weighted by Gasteiger charge is 2.22. The van der Waals surface area contributed by atoms with E-state index in [4.69, 9.17) is 23.7 Å². The molecule has 0 spiro atoms. The molecule has 3 aromatic rings. The van der Waals surface area contributed by atoms with Crippen molar-refractivity contribution in [2.24, 2.45) is 0 Å². The third kappa shape index (κ3) is 1.86. The Morgan fingerprint density at radius 1 is 0.826 bits per heavy atom. The minimum Gasteiger partial charge on any atom is -0.493 e. The fourth-order valence-electron chi connectivity index (χ4n) is 3.13. The van der Waals surface area contributed by atoms with Crippen LogP contribution in [-0.2, 0) is 0 Å². The minimum atomic E-state index is 0.246. The maximum atomic E-state index is 5.64. The molecule has 1 aliphatic rings. The van der Waals surface area contributed by atoms with Crippen LogP contribution >= 0.6 is 0 Å². The predicted molar refractivity (Wildman–Crippen MR) is 87.2 cm³/mol. The number of ether oxygens (including phenoxy) is 5. The van der Waals surface area contributed by atoms with Gasteiger partial charge in [0.2, 0.25) is 12.5 Å². The van der Waals surface area contributed by atoms with E-state index in [0.717, 1.165) is 33.0 Å². The summed E-state index contributed by atoms with van der Waals surface area (Å²) in [6, 6.07) is 9.92. The monoisotopic (exact) mass is 312 g/mol. The molecule has 0 saturated carbocycles. The summed E-state index contributed by atoms with van der Waals surface area (Å²) in [5.74, 6) is 3.38. The number of fused-ring (bicyclic) bond motifs is 5. The van der Waals surface area contributed by atoms with Crippen LogP contribution in [0.4, 0.5) is 0 Å². The molecule has 0 bridgehead atoms. The molecule has 0 amide bonds. The van der Waals surface area contributed by atoms with Crippen molar-refractivity contribution < 1.29 is 23.7 Å². The summed E-state index contributed by atoms with van der Waals surface area (Å²) in [7, 11) is 4.84. The molecule has 118 valence electrons. The number of benzene rings is 3. The average molecular weight is 312 g/mol. The van der Waals surface area contributed by atoms with Crippen LogP contribution in [0.5, 0.6) is 28.7 Å². The van der Waals surface area contributed by atoms with Gasteiger partial charge < -0.3 is 23.7 Å². The lowest BCUT2D eigenvalue weighted by Crippen LogP contribution is -1.96. The lowest BCUT2D eigenvalue weighted by Gasteiger charge is -2.16. The highest BCUT2D eigenvalue weighted by molar-refractivity contribution is 6.14. The zero-order chi connectivity index (χ0) is 16.0. The van der Waals surface area contributed by atoms with Crippen LogP contribution in [0.1, 0.15) is 0 Å². The van der Waals surface area contributed by atoms with Crippen molar-refractivity contribution in [1.82, 2.24) is 0 Å². The Morgan fingerprint density at radius 2 is 1.61 bits per heavy atom. The third-order valence-corrected chi connectivity index (χ3v) is 4.14. The van der Waals surface area contributed by atoms with E-state index in [1.165, 1.54) is 0 Å². The normalized spacial score (nSPS) is 12.7. The van der Waals surface area contributed by atoms with Gasteiger partial charge in [0, 0.05) is 10.8 Å². The van der Waals surface area contributed by atoms with E-state index in [0.29, 0.717) is 17.2 Å². The predicted octanol–water partition coefficient (Wildman–Crippen LogP) is 3.75. The van der Waals surface area contributed by atoms with E-state index in [-0.39, 0.29) is 6.79 Å². The maximum absolute atomic E-state index is 5.64. The summed E-state index contributed by atoms with van der Waals surface area (Å²) in [5, 5.41) is 3.97. The fraction of sp³-hybridized carbons (Fsp3) is 0.222. The first-order chi connectivity index (χ1) is 11.3. The van der Waals surface area contributed by atoms with Gasteiger partial charge in [-0.1, -0.05) is 6.07 Å². The zero-order valence-corrected chi connectivity index (χ0v) is 13.1.